The van der Waals surface area contributed by atoms with Crippen molar-refractivity contribution in [3.63, 3.8) is 0 Å². The first-order valence-corrected chi connectivity index (χ1v) is 9.81. The van der Waals surface area contributed by atoms with Crippen LogP contribution in [0.3, 0.4) is 0 Å². The maximum absolute atomic E-state index is 9.06. The van der Waals surface area contributed by atoms with Crippen LogP contribution in [-0.2, 0) is 0 Å². The van der Waals surface area contributed by atoms with Crippen molar-refractivity contribution in [1.82, 2.24) is 0 Å². The van der Waals surface area contributed by atoms with E-state index in [2.05, 4.69) is 12.7 Å². The van der Waals surface area contributed by atoms with Gasteiger partial charge in [-0.2, -0.15) is 0 Å². The zero-order valence-electron chi connectivity index (χ0n) is 15.4. The van der Waals surface area contributed by atoms with Crippen LogP contribution in [0.25, 0.3) is 0 Å². The van der Waals surface area contributed by atoms with E-state index in [0.717, 1.165) is 19.3 Å². The summed E-state index contributed by atoms with van der Waals surface area (Å²) in [5.41, 5.74) is 4.24. The maximum atomic E-state index is 9.06. The van der Waals surface area contributed by atoms with E-state index in [1.54, 1.807) is 0 Å². The molecular weight excluding hydrogens is 310 g/mol. The van der Waals surface area contributed by atoms with Crippen molar-refractivity contribution in [3.05, 3.63) is 0 Å². The van der Waals surface area contributed by atoms with E-state index >= 15 is 0 Å². The Balaban J connectivity index is 0. The summed E-state index contributed by atoms with van der Waals surface area (Å²) in [6, 6.07) is 0.387. The van der Waals surface area contributed by atoms with Crippen LogP contribution in [0.5, 0.6) is 0 Å². The van der Waals surface area contributed by atoms with Gasteiger partial charge < -0.3 is 28.4 Å². The van der Waals surface area contributed by atoms with Crippen molar-refractivity contribution in [2.45, 2.75) is 103 Å². The van der Waals surface area contributed by atoms with Gasteiger partial charge in [0, 0.05) is 19.1 Å². The fourth-order valence-corrected chi connectivity index (χ4v) is 3.25. The molecule has 5 N–H and O–H groups in total. The molecule has 0 aromatic rings. The highest BCUT2D eigenvalue weighted by atomic mass is 35.5. The van der Waals surface area contributed by atoms with Gasteiger partial charge in [0.15, 0.2) is 0 Å². The average molecular weight is 352 g/mol. The van der Waals surface area contributed by atoms with E-state index in [1.807, 2.05) is 0 Å². The molecule has 142 valence electrons. The summed E-state index contributed by atoms with van der Waals surface area (Å²) in [7, 11) is 0. The van der Waals surface area contributed by atoms with Gasteiger partial charge in [-0.1, -0.05) is 71.1 Å². The molecule has 4 heteroatoms. The lowest BCUT2D eigenvalue weighted by atomic mass is 9.90. The van der Waals surface area contributed by atoms with Crippen molar-refractivity contribution in [2.24, 2.45) is 5.92 Å². The number of hydrogen-bond acceptors (Lipinski definition) is 2. The second-order valence-electron chi connectivity index (χ2n) is 6.87. The molecule has 0 aliphatic carbocycles. The lowest BCUT2D eigenvalue weighted by Crippen LogP contribution is -3.00. The fourth-order valence-electron chi connectivity index (χ4n) is 3.25. The van der Waals surface area contributed by atoms with Gasteiger partial charge in [0.2, 0.25) is 0 Å². The summed E-state index contributed by atoms with van der Waals surface area (Å²) in [4.78, 5) is 0. The molecule has 0 fully saturated rings. The van der Waals surface area contributed by atoms with Crippen LogP contribution < -0.4 is 18.1 Å². The van der Waals surface area contributed by atoms with Crippen LogP contribution in [0.1, 0.15) is 96.8 Å². The average Bonchev–Trinajstić information content (AvgIpc) is 2.52. The molecule has 23 heavy (non-hydrogen) atoms. The van der Waals surface area contributed by atoms with Crippen molar-refractivity contribution in [3.8, 4) is 0 Å². The SMILES string of the molecule is CCCCCCCCCCCCCC([NH3+])C(CCO)CCO.[Cl-]. The van der Waals surface area contributed by atoms with Crippen molar-refractivity contribution in [1.29, 1.82) is 0 Å². The molecule has 0 aliphatic heterocycles. The molecule has 0 heterocycles. The van der Waals surface area contributed by atoms with E-state index in [1.165, 1.54) is 70.6 Å². The van der Waals surface area contributed by atoms with E-state index in [-0.39, 0.29) is 25.6 Å². The van der Waals surface area contributed by atoms with Gasteiger partial charge in [-0.15, -0.1) is 0 Å². The highest BCUT2D eigenvalue weighted by Crippen LogP contribution is 2.17. The molecule has 0 saturated carbocycles. The van der Waals surface area contributed by atoms with Crippen LogP contribution in [0, 0.1) is 5.92 Å². The molecular formula is C19H42ClNO2. The molecule has 3 nitrogen and oxygen atoms in total. The number of rotatable bonds is 17. The molecule has 0 aromatic carbocycles. The van der Waals surface area contributed by atoms with Crippen LogP contribution in [0.15, 0.2) is 0 Å². The second kappa shape index (κ2) is 20.2. The zero-order chi connectivity index (χ0) is 16.5. The van der Waals surface area contributed by atoms with Gasteiger partial charge >= 0.3 is 0 Å². The largest absolute Gasteiger partial charge is 1.00 e. The number of halogens is 1. The number of quaternary nitrogens is 1. The summed E-state index contributed by atoms with van der Waals surface area (Å²) >= 11 is 0. The van der Waals surface area contributed by atoms with Crippen molar-refractivity contribution in [2.75, 3.05) is 13.2 Å². The fraction of sp³-hybridized carbons (Fsp3) is 1.00. The molecule has 0 saturated heterocycles. The van der Waals surface area contributed by atoms with E-state index < -0.39 is 0 Å². The van der Waals surface area contributed by atoms with Crippen molar-refractivity contribution >= 4 is 0 Å². The van der Waals surface area contributed by atoms with Gasteiger partial charge in [-0.3, -0.25) is 0 Å². The summed E-state index contributed by atoms with van der Waals surface area (Å²) < 4.78 is 0. The lowest BCUT2D eigenvalue weighted by molar-refractivity contribution is -0.436. The van der Waals surface area contributed by atoms with E-state index in [4.69, 9.17) is 10.2 Å². The quantitative estimate of drug-likeness (QED) is 0.337. The summed E-state index contributed by atoms with van der Waals surface area (Å²) in [6.07, 6.45) is 17.8. The molecule has 0 amide bonds. The number of unbranched alkanes of at least 4 members (excludes halogenated alkanes) is 10. The van der Waals surface area contributed by atoms with Crippen LogP contribution >= 0.6 is 0 Å². The molecule has 0 aromatic heterocycles. The molecule has 0 spiro atoms. The number of aliphatic hydroxyl groups excluding tert-OH is 2. The molecule has 0 rings (SSSR count). The highest BCUT2D eigenvalue weighted by molar-refractivity contribution is 4.67. The predicted octanol–water partition coefficient (Wildman–Crippen LogP) is 0.683. The Morgan fingerprint density at radius 3 is 1.43 bits per heavy atom. The van der Waals surface area contributed by atoms with Gasteiger partial charge in [0.1, 0.15) is 0 Å². The Bertz CT molecular complexity index is 212. The Morgan fingerprint density at radius 1 is 0.652 bits per heavy atom. The molecule has 1 unspecified atom stereocenters. The summed E-state index contributed by atoms with van der Waals surface area (Å²) in [5.74, 6) is 0.387. The van der Waals surface area contributed by atoms with Crippen LogP contribution in [-0.4, -0.2) is 29.5 Å². The highest BCUT2D eigenvalue weighted by Gasteiger charge is 2.19. The Labute approximate surface area is 150 Å². The monoisotopic (exact) mass is 351 g/mol. The third kappa shape index (κ3) is 16.8. The van der Waals surface area contributed by atoms with Crippen LogP contribution in [0.2, 0.25) is 0 Å². The van der Waals surface area contributed by atoms with E-state index in [0.29, 0.717) is 12.0 Å². The first-order chi connectivity index (χ1) is 10.8. The molecule has 0 bridgehead atoms. The topological polar surface area (TPSA) is 68.1 Å². The third-order valence-electron chi connectivity index (χ3n) is 4.84. The first kappa shape index (κ1) is 25.4. The van der Waals surface area contributed by atoms with Gasteiger partial charge in [0.25, 0.3) is 0 Å². The minimum Gasteiger partial charge on any atom is -1.00 e. The van der Waals surface area contributed by atoms with Gasteiger partial charge in [-0.25, -0.2) is 0 Å². The summed E-state index contributed by atoms with van der Waals surface area (Å²) in [5, 5.41) is 18.1. The zero-order valence-corrected chi connectivity index (χ0v) is 16.2. The molecule has 1 atom stereocenters. The number of aliphatic hydroxyl groups is 2. The maximum Gasteiger partial charge on any atom is 0.0873 e. The van der Waals surface area contributed by atoms with Gasteiger partial charge in [-0.05, 0) is 25.7 Å². The van der Waals surface area contributed by atoms with Gasteiger partial charge in [0.05, 0.1) is 6.04 Å². The number of hydrogen-bond donors (Lipinski definition) is 3. The normalized spacial score (nSPS) is 12.4. The lowest BCUT2D eigenvalue weighted by Gasteiger charge is -2.19. The summed E-state index contributed by atoms with van der Waals surface area (Å²) in [6.45, 7) is 2.70. The minimum absolute atomic E-state index is 0. The van der Waals surface area contributed by atoms with E-state index in [9.17, 15) is 0 Å². The molecule has 0 radical (unpaired) electrons. The van der Waals surface area contributed by atoms with Crippen LogP contribution in [0.4, 0.5) is 0 Å². The third-order valence-corrected chi connectivity index (χ3v) is 4.84. The second-order valence-corrected chi connectivity index (χ2v) is 6.87. The molecule has 0 aliphatic rings. The minimum atomic E-state index is 0. The standard InChI is InChI=1S/C19H41NO2.ClH/c1-2-3-4-5-6-7-8-9-10-11-12-13-19(20)18(14-16-21)15-17-22;/h18-19,21-22H,2-17,20H2,1H3;1H. The predicted molar refractivity (Wildman–Crippen MR) is 94.6 cm³/mol. The Kier molecular flexibility index (Phi) is 22.3. The Morgan fingerprint density at radius 2 is 1.04 bits per heavy atom. The Hall–Kier alpha value is 0.170. The smallest absolute Gasteiger partial charge is 0.0873 e. The first-order valence-electron chi connectivity index (χ1n) is 9.81. The van der Waals surface area contributed by atoms with Crippen molar-refractivity contribution < 1.29 is 28.4 Å².